The van der Waals surface area contributed by atoms with E-state index >= 15 is 0 Å². The molecule has 11 heteroatoms. The molecule has 0 saturated heterocycles. The van der Waals surface area contributed by atoms with Gasteiger partial charge in [0, 0.05) is 18.3 Å². The van der Waals surface area contributed by atoms with E-state index in [2.05, 4.69) is 15.6 Å². The summed E-state index contributed by atoms with van der Waals surface area (Å²) >= 11 is 0. The number of methoxy groups -OCH3 is 1. The van der Waals surface area contributed by atoms with Gasteiger partial charge in [-0.2, -0.15) is 18.4 Å². The van der Waals surface area contributed by atoms with Crippen LogP contribution in [0.1, 0.15) is 65.7 Å². The number of amides is 1. The molecule has 1 atom stereocenters. The lowest BCUT2D eigenvalue weighted by atomic mass is 9.82. The molecule has 0 unspecified atom stereocenters. The maximum atomic E-state index is 13.9. The molecular formula is C25H27F3N4O4. The van der Waals surface area contributed by atoms with E-state index in [0.717, 1.165) is 12.3 Å². The molecule has 0 aliphatic heterocycles. The van der Waals surface area contributed by atoms with Gasteiger partial charge in [0.1, 0.15) is 11.6 Å². The van der Waals surface area contributed by atoms with Crippen LogP contribution in [0.15, 0.2) is 30.5 Å². The van der Waals surface area contributed by atoms with Crippen molar-refractivity contribution in [1.82, 2.24) is 10.3 Å². The Bertz CT molecular complexity index is 1150. The zero-order valence-electron chi connectivity index (χ0n) is 19.9. The largest absolute Gasteiger partial charge is 0.496 e. The number of nitrogens with zero attached hydrogens (tertiary/aromatic N) is 2. The van der Waals surface area contributed by atoms with E-state index in [9.17, 15) is 22.8 Å². The number of carbonyl (C=O) groups excluding carboxylic acids is 1. The number of halogens is 3. The Morgan fingerprint density at radius 3 is 2.53 bits per heavy atom. The van der Waals surface area contributed by atoms with Crippen LogP contribution in [0.5, 0.6) is 5.75 Å². The molecule has 3 N–H and O–H groups in total. The summed E-state index contributed by atoms with van der Waals surface area (Å²) in [7, 11) is 1.42. The van der Waals surface area contributed by atoms with Crippen LogP contribution in [0.4, 0.5) is 19.0 Å². The number of carboxylic acids is 1. The van der Waals surface area contributed by atoms with Gasteiger partial charge in [-0.15, -0.1) is 0 Å². The molecule has 1 aliphatic rings. The lowest BCUT2D eigenvalue weighted by molar-refractivity contribution is -0.143. The van der Waals surface area contributed by atoms with Crippen LogP contribution in [0.3, 0.4) is 0 Å². The molecule has 1 aromatic carbocycles. The topological polar surface area (TPSA) is 124 Å². The van der Waals surface area contributed by atoms with Crippen molar-refractivity contribution in [2.75, 3.05) is 19.0 Å². The van der Waals surface area contributed by atoms with Gasteiger partial charge in [0.2, 0.25) is 0 Å². The Morgan fingerprint density at radius 1 is 1.25 bits per heavy atom. The fourth-order valence-corrected chi connectivity index (χ4v) is 4.30. The number of carbonyl (C=O) groups is 2. The molecule has 1 aromatic heterocycles. The maximum Gasteiger partial charge on any atom is 0.419 e. The van der Waals surface area contributed by atoms with Gasteiger partial charge in [0.05, 0.1) is 41.8 Å². The average Bonchev–Trinajstić information content (AvgIpc) is 2.86. The van der Waals surface area contributed by atoms with Crippen molar-refractivity contribution in [2.45, 2.75) is 44.8 Å². The Labute approximate surface area is 206 Å². The van der Waals surface area contributed by atoms with E-state index < -0.39 is 35.5 Å². The second-order valence-electron chi connectivity index (χ2n) is 8.82. The fraction of sp³-hybridized carbons (Fsp3) is 0.440. The summed E-state index contributed by atoms with van der Waals surface area (Å²) in [6, 6.07) is 6.67. The van der Waals surface area contributed by atoms with Crippen LogP contribution in [-0.4, -0.2) is 35.6 Å². The van der Waals surface area contributed by atoms with Gasteiger partial charge in [-0.3, -0.25) is 9.59 Å². The number of ether oxygens (including phenoxy) is 1. The molecule has 0 radical (unpaired) electrons. The number of aromatic nitrogens is 1. The molecule has 1 fully saturated rings. The quantitative estimate of drug-likeness (QED) is 0.473. The summed E-state index contributed by atoms with van der Waals surface area (Å²) in [4.78, 5) is 27.5. The van der Waals surface area contributed by atoms with Gasteiger partial charge in [-0.1, -0.05) is 0 Å². The molecule has 36 heavy (non-hydrogen) atoms. The molecule has 8 nitrogen and oxygen atoms in total. The van der Waals surface area contributed by atoms with E-state index in [0.29, 0.717) is 42.6 Å². The minimum atomic E-state index is -4.78. The molecule has 1 saturated carbocycles. The Balaban J connectivity index is 1.74. The molecular weight excluding hydrogens is 477 g/mol. The molecule has 0 bridgehead atoms. The molecule has 0 spiro atoms. The number of pyridine rings is 1. The summed E-state index contributed by atoms with van der Waals surface area (Å²) in [6.45, 7) is 1.86. The summed E-state index contributed by atoms with van der Waals surface area (Å²) in [6.07, 6.45) is -1.43. The van der Waals surface area contributed by atoms with Crippen molar-refractivity contribution in [3.63, 3.8) is 0 Å². The third-order valence-electron chi connectivity index (χ3n) is 6.38. The Morgan fingerprint density at radius 2 is 1.94 bits per heavy atom. The number of anilines is 1. The number of hydrogen-bond donors (Lipinski definition) is 3. The summed E-state index contributed by atoms with van der Waals surface area (Å²) < 4.78 is 46.9. The predicted octanol–water partition coefficient (Wildman–Crippen LogP) is 4.77. The maximum absolute atomic E-state index is 13.9. The van der Waals surface area contributed by atoms with Crippen LogP contribution in [-0.2, 0) is 11.0 Å². The highest BCUT2D eigenvalue weighted by Crippen LogP contribution is 2.37. The third-order valence-corrected chi connectivity index (χ3v) is 6.38. The predicted molar refractivity (Wildman–Crippen MR) is 124 cm³/mol. The van der Waals surface area contributed by atoms with Crippen LogP contribution in [0.2, 0.25) is 0 Å². The van der Waals surface area contributed by atoms with Crippen molar-refractivity contribution in [2.24, 2.45) is 11.8 Å². The Kier molecular flexibility index (Phi) is 8.40. The van der Waals surface area contributed by atoms with E-state index in [4.69, 9.17) is 15.1 Å². The van der Waals surface area contributed by atoms with Crippen LogP contribution in [0.25, 0.3) is 0 Å². The summed E-state index contributed by atoms with van der Waals surface area (Å²) in [5.74, 6) is -1.89. The highest BCUT2D eigenvalue weighted by molar-refractivity contribution is 5.94. The van der Waals surface area contributed by atoms with E-state index in [1.54, 1.807) is 19.1 Å². The van der Waals surface area contributed by atoms with Crippen LogP contribution < -0.4 is 15.4 Å². The highest BCUT2D eigenvalue weighted by Gasteiger charge is 2.36. The molecule has 192 valence electrons. The van der Waals surface area contributed by atoms with Crippen molar-refractivity contribution < 1.29 is 32.6 Å². The average molecular weight is 505 g/mol. The molecule has 3 rings (SSSR count). The van der Waals surface area contributed by atoms with Gasteiger partial charge in [0.15, 0.2) is 0 Å². The number of hydrogen-bond acceptors (Lipinski definition) is 6. The van der Waals surface area contributed by atoms with Gasteiger partial charge in [0.25, 0.3) is 5.91 Å². The number of nitrogens with one attached hydrogen (secondary N) is 2. The Hall–Kier alpha value is -3.81. The van der Waals surface area contributed by atoms with E-state index in [1.807, 2.05) is 6.07 Å². The number of alkyl halides is 3. The molecule has 1 aliphatic carbocycles. The second kappa shape index (κ2) is 11.3. The molecule has 1 heterocycles. The zero-order chi connectivity index (χ0) is 26.5. The SMILES string of the molecule is COc1ccc(C#N)cc1[C@H](C)Nc1ncc(C(=O)NC[C@H]2CC[C@H](C(=O)O)CC2)cc1C(F)(F)F. The number of carboxylic acid groups (broad SMARTS) is 1. The lowest BCUT2D eigenvalue weighted by Crippen LogP contribution is -2.32. The minimum absolute atomic E-state index is 0.0699. The van der Waals surface area contributed by atoms with Gasteiger partial charge in [-0.05, 0) is 62.8 Å². The summed E-state index contributed by atoms with van der Waals surface area (Å²) in [5.41, 5.74) is -0.527. The summed E-state index contributed by atoms with van der Waals surface area (Å²) in [5, 5.41) is 23.6. The molecule has 1 amide bonds. The standard InChI is InChI=1S/C25H27F3N4O4/c1-14(19-9-16(11-29)5-8-21(19)36-2)32-22-20(25(26,27)28)10-18(13-30-22)23(33)31-12-15-3-6-17(7-4-15)24(34)35/h5,8-10,13-15,17H,3-4,6-7,12H2,1-2H3,(H,30,32)(H,31,33)(H,34,35)/t14-,15-,17-/m0/s1. The molecule has 2 aromatic rings. The van der Waals surface area contributed by atoms with Crippen LogP contribution >= 0.6 is 0 Å². The first kappa shape index (κ1) is 26.8. The van der Waals surface area contributed by atoms with Crippen molar-refractivity contribution in [3.8, 4) is 11.8 Å². The monoisotopic (exact) mass is 504 g/mol. The number of rotatable bonds is 8. The van der Waals surface area contributed by atoms with Gasteiger partial charge >= 0.3 is 12.1 Å². The highest BCUT2D eigenvalue weighted by atomic mass is 19.4. The number of nitriles is 1. The smallest absolute Gasteiger partial charge is 0.419 e. The van der Waals surface area contributed by atoms with Crippen molar-refractivity contribution >= 4 is 17.7 Å². The fourth-order valence-electron chi connectivity index (χ4n) is 4.30. The first-order valence-corrected chi connectivity index (χ1v) is 11.5. The second-order valence-corrected chi connectivity index (χ2v) is 8.82. The van der Waals surface area contributed by atoms with Gasteiger partial charge < -0.3 is 20.5 Å². The van der Waals surface area contributed by atoms with E-state index in [-0.39, 0.29) is 23.9 Å². The van der Waals surface area contributed by atoms with E-state index in [1.165, 1.54) is 13.2 Å². The van der Waals surface area contributed by atoms with Gasteiger partial charge in [-0.25, -0.2) is 4.98 Å². The normalized spacial score (nSPS) is 18.6. The third kappa shape index (κ3) is 6.44. The van der Waals surface area contributed by atoms with Crippen molar-refractivity contribution in [1.29, 1.82) is 5.26 Å². The first-order valence-electron chi connectivity index (χ1n) is 11.5. The number of aliphatic carboxylic acids is 1. The van der Waals surface area contributed by atoms with Crippen molar-refractivity contribution in [3.05, 3.63) is 52.7 Å². The lowest BCUT2D eigenvalue weighted by Gasteiger charge is -2.26. The zero-order valence-corrected chi connectivity index (χ0v) is 19.9. The first-order chi connectivity index (χ1) is 17.0. The minimum Gasteiger partial charge on any atom is -0.496 e. The number of benzene rings is 1. The van der Waals surface area contributed by atoms with Crippen LogP contribution in [0, 0.1) is 23.2 Å².